The Hall–Kier alpha value is -2.76. The summed E-state index contributed by atoms with van der Waals surface area (Å²) in [5.74, 6) is -0.0415. The second kappa shape index (κ2) is 7.00. The lowest BCUT2D eigenvalue weighted by atomic mass is 10.1. The summed E-state index contributed by atoms with van der Waals surface area (Å²) in [7, 11) is 0. The van der Waals surface area contributed by atoms with E-state index in [0.29, 0.717) is 17.0 Å². The van der Waals surface area contributed by atoms with Crippen LogP contribution in [-0.2, 0) is 17.6 Å². The van der Waals surface area contributed by atoms with Gasteiger partial charge in [-0.2, -0.15) is 13.2 Å². The summed E-state index contributed by atoms with van der Waals surface area (Å²) >= 11 is 0. The number of hydrogen-bond donors (Lipinski definition) is 1. The van der Waals surface area contributed by atoms with Crippen molar-refractivity contribution in [3.63, 3.8) is 0 Å². The lowest BCUT2D eigenvalue weighted by molar-refractivity contribution is -0.137. The number of halogens is 3. The van der Waals surface area contributed by atoms with Crippen molar-refractivity contribution in [3.8, 4) is 5.75 Å². The first-order chi connectivity index (χ1) is 10.9. The van der Waals surface area contributed by atoms with E-state index < -0.39 is 17.6 Å². The molecule has 0 saturated heterocycles. The lowest BCUT2D eigenvalue weighted by Gasteiger charge is -2.13. The van der Waals surface area contributed by atoms with Crippen LogP contribution in [0.4, 0.5) is 18.9 Å². The van der Waals surface area contributed by atoms with Crippen molar-refractivity contribution in [1.29, 1.82) is 0 Å². The molecule has 0 heterocycles. The largest absolute Gasteiger partial charge is 0.487 e. The number of para-hydroxylation sites is 2. The van der Waals surface area contributed by atoms with Gasteiger partial charge in [-0.05, 0) is 35.9 Å². The van der Waals surface area contributed by atoms with E-state index in [0.717, 1.165) is 18.2 Å². The molecule has 0 atom stereocenters. The summed E-state index contributed by atoms with van der Waals surface area (Å²) in [6.07, 6.45) is -3.28. The Kier molecular flexibility index (Phi) is 5.05. The fourth-order valence-corrected chi connectivity index (χ4v) is 1.88. The predicted molar refractivity (Wildman–Crippen MR) is 81.0 cm³/mol. The maximum atomic E-state index is 12.7. The molecule has 1 amide bonds. The highest BCUT2D eigenvalue weighted by molar-refractivity contribution is 5.99. The van der Waals surface area contributed by atoms with Crippen LogP contribution >= 0.6 is 0 Å². The quantitative estimate of drug-likeness (QED) is 0.829. The van der Waals surface area contributed by atoms with Crippen LogP contribution in [0.25, 0.3) is 0 Å². The first-order valence-electron chi connectivity index (χ1n) is 6.71. The molecule has 3 nitrogen and oxygen atoms in total. The molecule has 0 aliphatic rings. The smallest absolute Gasteiger partial charge is 0.416 e. The van der Waals surface area contributed by atoms with E-state index in [9.17, 15) is 18.0 Å². The maximum Gasteiger partial charge on any atom is 0.416 e. The normalized spacial score (nSPS) is 10.9. The SMILES string of the molecule is C=CC(=O)Nc1ccccc1OCc1cccc(C(F)(F)F)c1. The Bertz CT molecular complexity index is 711. The topological polar surface area (TPSA) is 38.3 Å². The van der Waals surface area contributed by atoms with E-state index in [1.54, 1.807) is 30.3 Å². The van der Waals surface area contributed by atoms with Gasteiger partial charge in [0.15, 0.2) is 0 Å². The van der Waals surface area contributed by atoms with E-state index in [2.05, 4.69) is 11.9 Å². The van der Waals surface area contributed by atoms with Crippen LogP contribution in [0.3, 0.4) is 0 Å². The highest BCUT2D eigenvalue weighted by Crippen LogP contribution is 2.30. The van der Waals surface area contributed by atoms with E-state index >= 15 is 0 Å². The maximum absolute atomic E-state index is 12.7. The molecular formula is C17H14F3NO2. The molecule has 2 aromatic rings. The molecule has 0 saturated carbocycles. The summed E-state index contributed by atoms with van der Waals surface area (Å²) in [5.41, 5.74) is 0.0703. The summed E-state index contributed by atoms with van der Waals surface area (Å²) in [6.45, 7) is 3.30. The number of benzene rings is 2. The van der Waals surface area contributed by atoms with Gasteiger partial charge in [-0.15, -0.1) is 0 Å². The standard InChI is InChI=1S/C17H14F3NO2/c1-2-16(22)21-14-8-3-4-9-15(14)23-11-12-6-5-7-13(10-12)17(18,19)20/h2-10H,1,11H2,(H,21,22). The van der Waals surface area contributed by atoms with Crippen LogP contribution in [0, 0.1) is 0 Å². The Morgan fingerprint density at radius 1 is 1.17 bits per heavy atom. The molecule has 0 aliphatic heterocycles. The third-order valence-corrected chi connectivity index (χ3v) is 2.98. The molecule has 23 heavy (non-hydrogen) atoms. The monoisotopic (exact) mass is 321 g/mol. The number of carbonyl (C=O) groups is 1. The Labute approximate surface area is 131 Å². The van der Waals surface area contributed by atoms with Gasteiger partial charge >= 0.3 is 6.18 Å². The average Bonchev–Trinajstić information content (AvgIpc) is 2.53. The van der Waals surface area contributed by atoms with Crippen molar-refractivity contribution < 1.29 is 22.7 Å². The van der Waals surface area contributed by atoms with Gasteiger partial charge in [0.1, 0.15) is 12.4 Å². The molecule has 0 spiro atoms. The second-order valence-corrected chi connectivity index (χ2v) is 4.68. The number of ether oxygens (including phenoxy) is 1. The first-order valence-corrected chi connectivity index (χ1v) is 6.71. The lowest BCUT2D eigenvalue weighted by Crippen LogP contribution is -2.09. The summed E-state index contributed by atoms with van der Waals surface area (Å²) in [5, 5.41) is 2.57. The van der Waals surface area contributed by atoms with Crippen LogP contribution in [0.15, 0.2) is 61.2 Å². The van der Waals surface area contributed by atoms with Gasteiger partial charge in [-0.25, -0.2) is 0 Å². The minimum Gasteiger partial charge on any atom is -0.487 e. The Morgan fingerprint density at radius 2 is 1.91 bits per heavy atom. The van der Waals surface area contributed by atoms with E-state index in [1.807, 2.05) is 0 Å². The van der Waals surface area contributed by atoms with Gasteiger partial charge in [-0.1, -0.05) is 30.8 Å². The molecule has 6 heteroatoms. The zero-order valence-electron chi connectivity index (χ0n) is 12.1. The minimum atomic E-state index is -4.40. The number of anilines is 1. The zero-order valence-corrected chi connectivity index (χ0v) is 12.1. The summed E-state index contributed by atoms with van der Waals surface area (Å²) in [6, 6.07) is 11.6. The summed E-state index contributed by atoms with van der Waals surface area (Å²) < 4.78 is 43.6. The van der Waals surface area contributed by atoms with E-state index in [4.69, 9.17) is 4.74 Å². The zero-order chi connectivity index (χ0) is 16.9. The van der Waals surface area contributed by atoms with Crippen LogP contribution in [0.1, 0.15) is 11.1 Å². The van der Waals surface area contributed by atoms with Gasteiger partial charge in [-0.3, -0.25) is 4.79 Å². The Balaban J connectivity index is 2.12. The fraction of sp³-hybridized carbons (Fsp3) is 0.118. The van der Waals surface area contributed by atoms with Crippen molar-refractivity contribution in [2.24, 2.45) is 0 Å². The van der Waals surface area contributed by atoms with Crippen molar-refractivity contribution in [2.45, 2.75) is 12.8 Å². The molecule has 2 aromatic carbocycles. The average molecular weight is 321 g/mol. The molecule has 120 valence electrons. The highest BCUT2D eigenvalue weighted by atomic mass is 19.4. The number of carbonyl (C=O) groups excluding carboxylic acids is 1. The molecule has 0 bridgehead atoms. The molecule has 0 aromatic heterocycles. The third-order valence-electron chi connectivity index (χ3n) is 2.98. The number of nitrogens with one attached hydrogen (secondary N) is 1. The molecule has 0 fully saturated rings. The van der Waals surface area contributed by atoms with Gasteiger partial charge in [0.05, 0.1) is 11.3 Å². The van der Waals surface area contributed by atoms with Gasteiger partial charge < -0.3 is 10.1 Å². The van der Waals surface area contributed by atoms with Gasteiger partial charge in [0.2, 0.25) is 5.91 Å². The van der Waals surface area contributed by atoms with Crippen LogP contribution in [0.2, 0.25) is 0 Å². The first kappa shape index (κ1) is 16.6. The highest BCUT2D eigenvalue weighted by Gasteiger charge is 2.30. The number of amides is 1. The predicted octanol–water partition coefficient (Wildman–Crippen LogP) is 4.41. The third kappa shape index (κ3) is 4.60. The molecule has 1 N–H and O–H groups in total. The summed E-state index contributed by atoms with van der Waals surface area (Å²) in [4.78, 5) is 11.4. The molecule has 0 radical (unpaired) electrons. The molecule has 0 aliphatic carbocycles. The van der Waals surface area contributed by atoms with E-state index in [1.165, 1.54) is 6.07 Å². The van der Waals surface area contributed by atoms with Gasteiger partial charge in [0, 0.05) is 0 Å². The van der Waals surface area contributed by atoms with Crippen LogP contribution < -0.4 is 10.1 Å². The number of hydrogen-bond acceptors (Lipinski definition) is 2. The van der Waals surface area contributed by atoms with Crippen molar-refractivity contribution in [3.05, 3.63) is 72.3 Å². The molecule has 2 rings (SSSR count). The minimum absolute atomic E-state index is 0.0507. The number of rotatable bonds is 5. The van der Waals surface area contributed by atoms with Crippen LogP contribution in [-0.4, -0.2) is 5.91 Å². The molecule has 0 unspecified atom stereocenters. The van der Waals surface area contributed by atoms with Crippen molar-refractivity contribution in [1.82, 2.24) is 0 Å². The van der Waals surface area contributed by atoms with Gasteiger partial charge in [0.25, 0.3) is 0 Å². The van der Waals surface area contributed by atoms with E-state index in [-0.39, 0.29) is 6.61 Å². The molecular weight excluding hydrogens is 307 g/mol. The Morgan fingerprint density at radius 3 is 2.61 bits per heavy atom. The number of alkyl halides is 3. The van der Waals surface area contributed by atoms with Crippen molar-refractivity contribution in [2.75, 3.05) is 5.32 Å². The fourth-order valence-electron chi connectivity index (χ4n) is 1.88. The second-order valence-electron chi connectivity index (χ2n) is 4.68. The van der Waals surface area contributed by atoms with Crippen molar-refractivity contribution >= 4 is 11.6 Å². The van der Waals surface area contributed by atoms with Crippen LogP contribution in [0.5, 0.6) is 5.75 Å².